The maximum atomic E-state index is 5.77. The van der Waals surface area contributed by atoms with Gasteiger partial charge in [0.15, 0.2) is 11.6 Å². The summed E-state index contributed by atoms with van der Waals surface area (Å²) in [6.45, 7) is 8.85. The molecule has 0 N–H and O–H groups in total. The van der Waals surface area contributed by atoms with Gasteiger partial charge in [0, 0.05) is 0 Å². The monoisotopic (exact) mass is 244 g/mol. The zero-order valence-electron chi connectivity index (χ0n) is 10.8. The van der Waals surface area contributed by atoms with Crippen molar-refractivity contribution in [2.75, 3.05) is 13.2 Å². The molecular formula is C12H20O5. The molecule has 0 spiro atoms. The van der Waals surface area contributed by atoms with Crippen LogP contribution in [0.4, 0.5) is 0 Å². The van der Waals surface area contributed by atoms with E-state index in [1.54, 1.807) is 0 Å². The fourth-order valence-electron chi connectivity index (χ4n) is 2.49. The predicted molar refractivity (Wildman–Crippen MR) is 58.5 cm³/mol. The molecule has 0 aromatic carbocycles. The first kappa shape index (κ1) is 11.9. The molecule has 0 amide bonds. The molecule has 3 saturated heterocycles. The third-order valence-electron chi connectivity index (χ3n) is 3.36. The molecule has 98 valence electrons. The standard InChI is InChI=1S/C12H20O5/c1-11(2)13-5-7(16-11)9-10(15-9)8-6-14-12(3,4)17-8/h7-10H,5-6H2,1-4H3/t7-,8+,9-,10-/m0/s1. The topological polar surface area (TPSA) is 49.5 Å². The summed E-state index contributed by atoms with van der Waals surface area (Å²) in [6.07, 6.45) is 0.197. The van der Waals surface area contributed by atoms with E-state index in [4.69, 9.17) is 23.7 Å². The van der Waals surface area contributed by atoms with Gasteiger partial charge in [-0.1, -0.05) is 0 Å². The van der Waals surface area contributed by atoms with Crippen LogP contribution in [-0.2, 0) is 23.7 Å². The molecule has 0 radical (unpaired) electrons. The molecule has 0 bridgehead atoms. The van der Waals surface area contributed by atoms with E-state index in [9.17, 15) is 0 Å². The molecule has 3 heterocycles. The van der Waals surface area contributed by atoms with Crippen LogP contribution >= 0.6 is 0 Å². The van der Waals surface area contributed by atoms with Crippen molar-refractivity contribution < 1.29 is 23.7 Å². The lowest BCUT2D eigenvalue weighted by atomic mass is 10.1. The molecule has 5 nitrogen and oxygen atoms in total. The van der Waals surface area contributed by atoms with Crippen LogP contribution in [0.3, 0.4) is 0 Å². The van der Waals surface area contributed by atoms with Crippen molar-refractivity contribution in [3.05, 3.63) is 0 Å². The van der Waals surface area contributed by atoms with Gasteiger partial charge in [-0.25, -0.2) is 0 Å². The summed E-state index contributed by atoms with van der Waals surface area (Å²) < 4.78 is 28.3. The van der Waals surface area contributed by atoms with Crippen molar-refractivity contribution in [1.29, 1.82) is 0 Å². The van der Waals surface area contributed by atoms with Gasteiger partial charge in [-0.2, -0.15) is 0 Å². The normalized spacial score (nSPS) is 47.3. The summed E-state index contributed by atoms with van der Waals surface area (Å²) in [5, 5.41) is 0. The summed E-state index contributed by atoms with van der Waals surface area (Å²) >= 11 is 0. The van der Waals surface area contributed by atoms with Crippen LogP contribution in [0.25, 0.3) is 0 Å². The molecule has 3 rings (SSSR count). The summed E-state index contributed by atoms with van der Waals surface area (Å²) in [5.41, 5.74) is 0. The summed E-state index contributed by atoms with van der Waals surface area (Å²) in [4.78, 5) is 0. The van der Waals surface area contributed by atoms with Crippen LogP contribution in [0, 0.1) is 0 Å². The van der Waals surface area contributed by atoms with Gasteiger partial charge in [0.25, 0.3) is 0 Å². The van der Waals surface area contributed by atoms with Crippen LogP contribution in [0.5, 0.6) is 0 Å². The molecular weight excluding hydrogens is 224 g/mol. The van der Waals surface area contributed by atoms with E-state index in [1.807, 2.05) is 27.7 Å². The van der Waals surface area contributed by atoms with Gasteiger partial charge < -0.3 is 23.7 Å². The molecule has 3 aliphatic rings. The van der Waals surface area contributed by atoms with E-state index in [0.717, 1.165) is 0 Å². The Labute approximate surface area is 101 Å². The number of hydrogen-bond donors (Lipinski definition) is 0. The van der Waals surface area contributed by atoms with Crippen LogP contribution in [0.15, 0.2) is 0 Å². The van der Waals surface area contributed by atoms with Crippen LogP contribution in [-0.4, -0.2) is 49.2 Å². The van der Waals surface area contributed by atoms with Crippen molar-refractivity contribution in [3.63, 3.8) is 0 Å². The average Bonchev–Trinajstić information content (AvgIpc) is 2.81. The number of rotatable bonds is 2. The third-order valence-corrected chi connectivity index (χ3v) is 3.36. The molecule has 3 fully saturated rings. The minimum atomic E-state index is -0.493. The summed E-state index contributed by atoms with van der Waals surface area (Å²) in [7, 11) is 0. The van der Waals surface area contributed by atoms with Gasteiger partial charge in [-0.3, -0.25) is 0 Å². The Morgan fingerprint density at radius 1 is 0.765 bits per heavy atom. The molecule has 0 aromatic heterocycles. The minimum Gasteiger partial charge on any atom is -0.364 e. The first-order valence-electron chi connectivity index (χ1n) is 6.15. The zero-order valence-corrected chi connectivity index (χ0v) is 10.8. The average molecular weight is 244 g/mol. The lowest BCUT2D eigenvalue weighted by Crippen LogP contribution is -2.30. The van der Waals surface area contributed by atoms with E-state index >= 15 is 0 Å². The number of epoxide rings is 1. The Kier molecular flexibility index (Phi) is 2.55. The van der Waals surface area contributed by atoms with Gasteiger partial charge in [0.1, 0.15) is 24.4 Å². The Hall–Kier alpha value is -0.200. The van der Waals surface area contributed by atoms with Crippen molar-refractivity contribution in [2.24, 2.45) is 0 Å². The Morgan fingerprint density at radius 2 is 1.18 bits per heavy atom. The summed E-state index contributed by atoms with van der Waals surface area (Å²) in [5.74, 6) is -0.985. The van der Waals surface area contributed by atoms with Crippen LogP contribution in [0.2, 0.25) is 0 Å². The van der Waals surface area contributed by atoms with Gasteiger partial charge in [0.05, 0.1) is 13.2 Å². The second kappa shape index (κ2) is 3.65. The highest BCUT2D eigenvalue weighted by Gasteiger charge is 2.56. The van der Waals surface area contributed by atoms with Crippen LogP contribution in [0.1, 0.15) is 27.7 Å². The van der Waals surface area contributed by atoms with Gasteiger partial charge in [-0.05, 0) is 27.7 Å². The molecule has 3 aliphatic heterocycles. The van der Waals surface area contributed by atoms with Crippen molar-refractivity contribution in [3.8, 4) is 0 Å². The fraction of sp³-hybridized carbons (Fsp3) is 1.00. The first-order chi connectivity index (χ1) is 7.86. The number of hydrogen-bond acceptors (Lipinski definition) is 5. The van der Waals surface area contributed by atoms with E-state index in [1.165, 1.54) is 0 Å². The van der Waals surface area contributed by atoms with Crippen molar-refractivity contribution in [2.45, 2.75) is 63.7 Å². The molecule has 17 heavy (non-hydrogen) atoms. The maximum Gasteiger partial charge on any atom is 0.163 e. The lowest BCUT2D eigenvalue weighted by molar-refractivity contribution is -0.142. The Bertz CT molecular complexity index is 284. The highest BCUT2D eigenvalue weighted by molar-refractivity contribution is 5.00. The molecule has 0 unspecified atom stereocenters. The molecule has 5 heteroatoms. The Balaban J connectivity index is 1.54. The van der Waals surface area contributed by atoms with E-state index in [-0.39, 0.29) is 24.4 Å². The summed E-state index contributed by atoms with van der Waals surface area (Å²) in [6, 6.07) is 0. The maximum absolute atomic E-state index is 5.77. The smallest absolute Gasteiger partial charge is 0.163 e. The second-order valence-electron chi connectivity index (χ2n) is 5.80. The van der Waals surface area contributed by atoms with Crippen molar-refractivity contribution >= 4 is 0 Å². The quantitative estimate of drug-likeness (QED) is 0.680. The van der Waals surface area contributed by atoms with E-state index in [0.29, 0.717) is 13.2 Å². The third kappa shape index (κ3) is 2.35. The SMILES string of the molecule is CC1(C)OC[C@@H]([C@@H]2O[C@H]2[C@H]2COC(C)(C)O2)O1. The number of ether oxygens (including phenoxy) is 5. The van der Waals surface area contributed by atoms with Gasteiger partial charge >= 0.3 is 0 Å². The highest BCUT2D eigenvalue weighted by atomic mass is 16.8. The molecule has 0 aromatic rings. The van der Waals surface area contributed by atoms with Crippen LogP contribution < -0.4 is 0 Å². The largest absolute Gasteiger partial charge is 0.364 e. The van der Waals surface area contributed by atoms with Gasteiger partial charge in [0.2, 0.25) is 0 Å². The van der Waals surface area contributed by atoms with E-state index in [2.05, 4.69) is 0 Å². The predicted octanol–water partition coefficient (Wildman–Crippen LogP) is 1.06. The Morgan fingerprint density at radius 3 is 1.47 bits per heavy atom. The highest BCUT2D eigenvalue weighted by Crippen LogP contribution is 2.40. The first-order valence-corrected chi connectivity index (χ1v) is 6.15. The fourth-order valence-corrected chi connectivity index (χ4v) is 2.49. The van der Waals surface area contributed by atoms with E-state index < -0.39 is 11.6 Å². The lowest BCUT2D eigenvalue weighted by Gasteiger charge is -2.17. The molecule has 0 aliphatic carbocycles. The zero-order chi connectivity index (χ0) is 12.3. The van der Waals surface area contributed by atoms with Crippen molar-refractivity contribution in [1.82, 2.24) is 0 Å². The minimum absolute atomic E-state index is 0.0160. The second-order valence-corrected chi connectivity index (χ2v) is 5.80. The van der Waals surface area contributed by atoms with Gasteiger partial charge in [-0.15, -0.1) is 0 Å². The molecule has 0 saturated carbocycles. The molecule has 4 atom stereocenters.